The van der Waals surface area contributed by atoms with Gasteiger partial charge in [-0.15, -0.1) is 12.4 Å². The molecule has 0 fully saturated rings. The van der Waals surface area contributed by atoms with Gasteiger partial charge in [-0.2, -0.15) is 0 Å². The Morgan fingerprint density at radius 2 is 1.24 bits per heavy atom. The maximum atomic E-state index is 4.51. The third-order valence-electron chi connectivity index (χ3n) is 2.72. The van der Waals surface area contributed by atoms with E-state index in [1.54, 1.807) is 0 Å². The third kappa shape index (κ3) is 2.29. The zero-order chi connectivity index (χ0) is 10.8. The average molecular weight is 242 g/mol. The van der Waals surface area contributed by atoms with Crippen molar-refractivity contribution in [3.05, 3.63) is 65.2 Å². The van der Waals surface area contributed by atoms with E-state index in [1.165, 1.54) is 5.56 Å². The molecule has 2 aromatic rings. The first-order valence-corrected chi connectivity index (χ1v) is 5.34. The number of fused-ring (bicyclic) bond motifs is 2. The Bertz CT molecular complexity index is 481. The number of benzene rings is 2. The monoisotopic (exact) mass is 241 g/mol. The van der Waals surface area contributed by atoms with Gasteiger partial charge in [0.1, 0.15) is 0 Å². The van der Waals surface area contributed by atoms with Gasteiger partial charge in [-0.25, -0.2) is 0 Å². The number of hydrogen-bond acceptors (Lipinski definition) is 1. The maximum Gasteiger partial charge on any atom is 0.0702 e. The smallest absolute Gasteiger partial charge is 0.0702 e. The van der Waals surface area contributed by atoms with Gasteiger partial charge in [0.05, 0.1) is 5.69 Å². The summed E-state index contributed by atoms with van der Waals surface area (Å²) < 4.78 is 0. The van der Waals surface area contributed by atoms with Gasteiger partial charge in [-0.05, 0) is 17.2 Å². The van der Waals surface area contributed by atoms with Crippen molar-refractivity contribution in [2.45, 2.75) is 0 Å². The first kappa shape index (κ1) is 11.6. The van der Waals surface area contributed by atoms with Gasteiger partial charge < -0.3 is 0 Å². The van der Waals surface area contributed by atoms with Gasteiger partial charge in [0.25, 0.3) is 0 Å². The number of nitrogens with zero attached hydrogens (tertiary/aromatic N) is 1. The molecular weight excluding hydrogens is 230 g/mol. The first-order valence-electron chi connectivity index (χ1n) is 5.34. The van der Waals surface area contributed by atoms with Crippen LogP contribution in [-0.2, 0) is 0 Å². The van der Waals surface area contributed by atoms with Crippen LogP contribution in [0.2, 0.25) is 0 Å². The third-order valence-corrected chi connectivity index (χ3v) is 2.72. The van der Waals surface area contributed by atoms with Crippen LogP contribution >= 0.6 is 12.4 Å². The molecule has 0 N–H and O–H groups in total. The van der Waals surface area contributed by atoms with Crippen molar-refractivity contribution in [2.75, 3.05) is 0 Å². The number of hydrogen-bond donors (Lipinski definition) is 0. The second-order valence-electron chi connectivity index (χ2n) is 3.78. The zero-order valence-electron chi connectivity index (χ0n) is 9.21. The molecule has 2 heteroatoms. The Hall–Kier alpha value is -1.86. The molecule has 0 unspecified atom stereocenters. The van der Waals surface area contributed by atoms with Gasteiger partial charge in [-0.1, -0.05) is 54.6 Å². The standard InChI is InChI=1S/C15H11N.ClH/c1-2-7-14-11-16-15-8-4-3-6-13(15)10-9-12(14)5-1;/h1-11H;1H. The van der Waals surface area contributed by atoms with Crippen molar-refractivity contribution in [1.29, 1.82) is 0 Å². The van der Waals surface area contributed by atoms with Crippen LogP contribution in [0.25, 0.3) is 12.2 Å². The molecule has 1 heterocycles. The highest BCUT2D eigenvalue weighted by Gasteiger charge is 2.01. The Labute approximate surface area is 107 Å². The van der Waals surface area contributed by atoms with E-state index in [4.69, 9.17) is 0 Å². The summed E-state index contributed by atoms with van der Waals surface area (Å²) in [5, 5.41) is 0. The molecule has 17 heavy (non-hydrogen) atoms. The van der Waals surface area contributed by atoms with E-state index in [0.717, 1.165) is 16.8 Å². The molecule has 84 valence electrons. The molecule has 0 atom stereocenters. The van der Waals surface area contributed by atoms with Crippen LogP contribution in [0.5, 0.6) is 0 Å². The van der Waals surface area contributed by atoms with Crippen molar-refractivity contribution in [3.8, 4) is 0 Å². The van der Waals surface area contributed by atoms with Gasteiger partial charge in [-0.3, -0.25) is 4.99 Å². The molecule has 0 aliphatic carbocycles. The minimum atomic E-state index is 0. The van der Waals surface area contributed by atoms with Gasteiger partial charge >= 0.3 is 0 Å². The Balaban J connectivity index is 0.00000108. The van der Waals surface area contributed by atoms with Crippen LogP contribution in [0.4, 0.5) is 5.69 Å². The van der Waals surface area contributed by atoms with Crippen LogP contribution in [0.3, 0.4) is 0 Å². The van der Waals surface area contributed by atoms with E-state index < -0.39 is 0 Å². The van der Waals surface area contributed by atoms with Crippen LogP contribution in [0, 0.1) is 0 Å². The van der Waals surface area contributed by atoms with Crippen molar-refractivity contribution in [2.24, 2.45) is 4.99 Å². The quantitative estimate of drug-likeness (QED) is 0.555. The predicted octanol–water partition coefficient (Wildman–Crippen LogP) is 4.34. The molecule has 0 spiro atoms. The molecule has 3 rings (SSSR count). The second kappa shape index (κ2) is 4.98. The topological polar surface area (TPSA) is 12.4 Å². The average Bonchev–Trinajstić information content (AvgIpc) is 2.32. The molecular formula is C15H12ClN. The van der Waals surface area contributed by atoms with E-state index in [2.05, 4.69) is 35.3 Å². The molecule has 1 nitrogen and oxygen atoms in total. The number of halogens is 1. The fourth-order valence-electron chi connectivity index (χ4n) is 1.84. The normalized spacial score (nSPS) is 11.8. The summed E-state index contributed by atoms with van der Waals surface area (Å²) in [6.45, 7) is 0. The Kier molecular flexibility index (Phi) is 3.40. The highest BCUT2D eigenvalue weighted by atomic mass is 35.5. The van der Waals surface area contributed by atoms with Crippen molar-refractivity contribution in [1.82, 2.24) is 0 Å². The molecule has 0 saturated carbocycles. The summed E-state index contributed by atoms with van der Waals surface area (Å²) in [5.74, 6) is 0. The Morgan fingerprint density at radius 3 is 2.06 bits per heavy atom. The van der Waals surface area contributed by atoms with Crippen molar-refractivity contribution in [3.63, 3.8) is 0 Å². The number of para-hydroxylation sites is 1. The van der Waals surface area contributed by atoms with Crippen LogP contribution in [-0.4, -0.2) is 6.21 Å². The largest absolute Gasteiger partial charge is 0.256 e. The number of rotatable bonds is 0. The highest BCUT2D eigenvalue weighted by molar-refractivity contribution is 5.92. The van der Waals surface area contributed by atoms with E-state index in [-0.39, 0.29) is 12.4 Å². The molecule has 0 amide bonds. The van der Waals surface area contributed by atoms with Crippen molar-refractivity contribution >= 4 is 36.5 Å². The predicted molar refractivity (Wildman–Crippen MR) is 76.3 cm³/mol. The number of aliphatic imine (C=N–C) groups is 1. The second-order valence-corrected chi connectivity index (χ2v) is 3.78. The van der Waals surface area contributed by atoms with Crippen LogP contribution in [0.1, 0.15) is 16.7 Å². The highest BCUT2D eigenvalue weighted by Crippen LogP contribution is 2.24. The molecule has 0 aromatic heterocycles. The van der Waals surface area contributed by atoms with E-state index in [0.29, 0.717) is 0 Å². The van der Waals surface area contributed by atoms with Crippen LogP contribution < -0.4 is 0 Å². The maximum absolute atomic E-state index is 4.51. The first-order chi connectivity index (χ1) is 7.93. The summed E-state index contributed by atoms with van der Waals surface area (Å²) in [7, 11) is 0. The van der Waals surface area contributed by atoms with E-state index >= 15 is 0 Å². The fraction of sp³-hybridized carbons (Fsp3) is 0. The molecule has 0 bridgehead atoms. The lowest BCUT2D eigenvalue weighted by Gasteiger charge is -2.06. The molecule has 0 radical (unpaired) electrons. The minimum absolute atomic E-state index is 0. The SMILES string of the molecule is C1=Cc2ccccc2N=Cc2ccccc21.Cl. The minimum Gasteiger partial charge on any atom is -0.256 e. The fourth-order valence-corrected chi connectivity index (χ4v) is 1.84. The van der Waals surface area contributed by atoms with Crippen LogP contribution in [0.15, 0.2) is 53.5 Å². The molecule has 1 aliphatic heterocycles. The Morgan fingerprint density at radius 1 is 0.647 bits per heavy atom. The van der Waals surface area contributed by atoms with E-state index in [9.17, 15) is 0 Å². The lowest BCUT2D eigenvalue weighted by molar-refractivity contribution is 1.49. The lowest BCUT2D eigenvalue weighted by atomic mass is 10.0. The molecule has 0 saturated heterocycles. The van der Waals surface area contributed by atoms with Crippen molar-refractivity contribution < 1.29 is 0 Å². The van der Waals surface area contributed by atoms with Gasteiger partial charge in [0.2, 0.25) is 0 Å². The summed E-state index contributed by atoms with van der Waals surface area (Å²) in [6.07, 6.45) is 6.18. The van der Waals surface area contributed by atoms with Gasteiger partial charge in [0, 0.05) is 11.8 Å². The zero-order valence-corrected chi connectivity index (χ0v) is 10.0. The van der Waals surface area contributed by atoms with Gasteiger partial charge in [0.15, 0.2) is 0 Å². The molecule has 2 aromatic carbocycles. The lowest BCUT2D eigenvalue weighted by Crippen LogP contribution is -1.88. The molecule has 1 aliphatic rings. The summed E-state index contributed by atoms with van der Waals surface area (Å²) in [6, 6.07) is 16.4. The summed E-state index contributed by atoms with van der Waals surface area (Å²) in [5.41, 5.74) is 4.55. The summed E-state index contributed by atoms with van der Waals surface area (Å²) in [4.78, 5) is 4.51. The summed E-state index contributed by atoms with van der Waals surface area (Å²) >= 11 is 0. The van der Waals surface area contributed by atoms with E-state index in [1.807, 2.05) is 36.5 Å².